The summed E-state index contributed by atoms with van der Waals surface area (Å²) >= 11 is 3.01. The molecule has 1 aliphatic heterocycles. The highest BCUT2D eigenvalue weighted by Crippen LogP contribution is 2.13. The van der Waals surface area contributed by atoms with Crippen LogP contribution in [0.3, 0.4) is 0 Å². The Hall–Kier alpha value is -2.41. The van der Waals surface area contributed by atoms with Crippen LogP contribution in [0.5, 0.6) is 0 Å². The van der Waals surface area contributed by atoms with Crippen molar-refractivity contribution in [2.24, 2.45) is 0 Å². The van der Waals surface area contributed by atoms with Crippen LogP contribution in [0.4, 0.5) is 0 Å². The van der Waals surface area contributed by atoms with Crippen molar-refractivity contribution in [3.8, 4) is 10.8 Å². The minimum atomic E-state index is -1.40. The van der Waals surface area contributed by atoms with Crippen molar-refractivity contribution in [2.75, 3.05) is 20.7 Å². The summed E-state index contributed by atoms with van der Waals surface area (Å²) in [6, 6.07) is 5.11. The van der Waals surface area contributed by atoms with Crippen molar-refractivity contribution in [3.63, 3.8) is 0 Å². The average molecular weight is 452 g/mol. The Balaban J connectivity index is 2.08. The van der Waals surface area contributed by atoms with E-state index in [1.54, 1.807) is 24.3 Å². The number of carbonyl (C=O) groups is 3. The van der Waals surface area contributed by atoms with Gasteiger partial charge in [0.2, 0.25) is 0 Å². The number of halogens is 1. The fraction of sp³-hybridized carbons (Fsp3) is 0.421. The molecule has 150 valence electrons. The number of nitrogens with zero attached hydrogens (tertiary/aromatic N) is 1. The van der Waals surface area contributed by atoms with E-state index in [4.69, 9.17) is 9.57 Å². The Kier molecular flexibility index (Phi) is 8.44. The molecular weight excluding hydrogens is 430 g/mol. The molecule has 2 atom stereocenters. The van der Waals surface area contributed by atoms with Crippen LogP contribution >= 0.6 is 15.9 Å². The quantitative estimate of drug-likeness (QED) is 0.384. The molecule has 1 heterocycles. The van der Waals surface area contributed by atoms with Crippen molar-refractivity contribution in [3.05, 3.63) is 35.4 Å². The standard InChI is InChI=1S/C19H22BrN3O5/c1-21-17(24)16(18(25)22-28-15-5-3-4-12-27-15)23(2)19(26)14-8-6-13(7-9-14)10-11-20/h6-9,15-16H,3-5,12H2,1-2H3,(H,21,24)(H,22,25)/t15?,16-/m0/s1. The molecule has 8 nitrogen and oxygen atoms in total. The lowest BCUT2D eigenvalue weighted by atomic mass is 10.1. The molecule has 2 rings (SSSR count). The molecule has 0 spiro atoms. The summed E-state index contributed by atoms with van der Waals surface area (Å²) < 4.78 is 5.37. The third-order valence-corrected chi connectivity index (χ3v) is 4.40. The highest BCUT2D eigenvalue weighted by Gasteiger charge is 2.34. The molecule has 1 unspecified atom stereocenters. The number of likely N-dealkylation sites (N-methyl/N-ethyl adjacent to an activating group) is 2. The number of amides is 3. The Morgan fingerprint density at radius 1 is 1.25 bits per heavy atom. The van der Waals surface area contributed by atoms with Crippen LogP contribution in [0.2, 0.25) is 0 Å². The normalized spacial score (nSPS) is 16.9. The molecular formula is C19H22BrN3O5. The number of ether oxygens (including phenoxy) is 1. The van der Waals surface area contributed by atoms with Crippen molar-refractivity contribution in [1.82, 2.24) is 15.7 Å². The molecule has 1 saturated heterocycles. The van der Waals surface area contributed by atoms with Gasteiger partial charge in [0.15, 0.2) is 12.3 Å². The first kappa shape index (κ1) is 21.9. The number of hydrogen-bond acceptors (Lipinski definition) is 5. The van der Waals surface area contributed by atoms with Crippen LogP contribution in [0.15, 0.2) is 24.3 Å². The first-order valence-corrected chi connectivity index (χ1v) is 9.54. The van der Waals surface area contributed by atoms with Crippen LogP contribution < -0.4 is 10.8 Å². The maximum absolute atomic E-state index is 12.7. The van der Waals surface area contributed by atoms with Crippen molar-refractivity contribution in [1.29, 1.82) is 0 Å². The molecule has 3 amide bonds. The van der Waals surface area contributed by atoms with Gasteiger partial charge in [0, 0.05) is 54.2 Å². The highest BCUT2D eigenvalue weighted by molar-refractivity contribution is 9.12. The van der Waals surface area contributed by atoms with Crippen molar-refractivity contribution >= 4 is 33.7 Å². The lowest BCUT2D eigenvalue weighted by Crippen LogP contribution is -2.55. The zero-order valence-corrected chi connectivity index (χ0v) is 17.2. The number of benzene rings is 1. The Morgan fingerprint density at radius 3 is 2.54 bits per heavy atom. The zero-order valence-electron chi connectivity index (χ0n) is 15.7. The third-order valence-electron chi connectivity index (χ3n) is 4.20. The highest BCUT2D eigenvalue weighted by atomic mass is 79.9. The van der Waals surface area contributed by atoms with Crippen LogP contribution in [-0.2, 0) is 19.2 Å². The Bertz CT molecular complexity index is 766. The second-order valence-electron chi connectivity index (χ2n) is 6.11. The van der Waals surface area contributed by atoms with Crippen molar-refractivity contribution in [2.45, 2.75) is 31.6 Å². The summed E-state index contributed by atoms with van der Waals surface area (Å²) in [4.78, 5) is 46.4. The molecule has 1 fully saturated rings. The van der Waals surface area contributed by atoms with Gasteiger partial charge in [-0.15, -0.1) is 0 Å². The fourth-order valence-corrected chi connectivity index (χ4v) is 2.89. The summed E-state index contributed by atoms with van der Waals surface area (Å²) in [6.45, 7) is 0.549. The number of rotatable bonds is 6. The lowest BCUT2D eigenvalue weighted by molar-refractivity contribution is -0.202. The van der Waals surface area contributed by atoms with E-state index in [9.17, 15) is 14.4 Å². The summed E-state index contributed by atoms with van der Waals surface area (Å²) in [5, 5.41) is 2.39. The van der Waals surface area contributed by atoms with Gasteiger partial charge in [-0.1, -0.05) is 5.92 Å². The number of hydroxylamine groups is 1. The average Bonchev–Trinajstić information content (AvgIpc) is 2.73. The van der Waals surface area contributed by atoms with Gasteiger partial charge in [0.25, 0.3) is 17.7 Å². The largest absolute Gasteiger partial charge is 0.357 e. The molecule has 1 aromatic rings. The van der Waals surface area contributed by atoms with Gasteiger partial charge in [-0.3, -0.25) is 14.4 Å². The number of nitrogens with one attached hydrogen (secondary N) is 2. The van der Waals surface area contributed by atoms with E-state index in [1.165, 1.54) is 14.1 Å². The van der Waals surface area contributed by atoms with E-state index < -0.39 is 30.1 Å². The molecule has 9 heteroatoms. The predicted molar refractivity (Wildman–Crippen MR) is 105 cm³/mol. The second kappa shape index (κ2) is 10.8. The van der Waals surface area contributed by atoms with E-state index in [2.05, 4.69) is 37.5 Å². The molecule has 0 aliphatic carbocycles. The van der Waals surface area contributed by atoms with Gasteiger partial charge in [0.1, 0.15) is 0 Å². The fourth-order valence-electron chi connectivity index (χ4n) is 2.66. The zero-order chi connectivity index (χ0) is 20.5. The third kappa shape index (κ3) is 5.79. The molecule has 0 bridgehead atoms. The second-order valence-corrected chi connectivity index (χ2v) is 6.51. The van der Waals surface area contributed by atoms with Gasteiger partial charge in [0.05, 0.1) is 0 Å². The topological polar surface area (TPSA) is 97.0 Å². The Morgan fingerprint density at radius 2 is 1.96 bits per heavy atom. The van der Waals surface area contributed by atoms with Gasteiger partial charge in [-0.25, -0.2) is 10.3 Å². The maximum Gasteiger partial charge on any atom is 0.276 e. The van der Waals surface area contributed by atoms with Gasteiger partial charge in [-0.2, -0.15) is 0 Å². The SMILES string of the molecule is CNC(=O)[C@@H](C(=O)NOC1CCCCO1)N(C)C(=O)c1ccc(C#CBr)cc1. The molecule has 1 aromatic carbocycles. The smallest absolute Gasteiger partial charge is 0.276 e. The van der Waals surface area contributed by atoms with E-state index >= 15 is 0 Å². The number of carbonyl (C=O) groups excluding carboxylic acids is 3. The van der Waals surface area contributed by atoms with E-state index in [1.807, 2.05) is 0 Å². The molecule has 0 aromatic heterocycles. The first-order chi connectivity index (χ1) is 13.5. The maximum atomic E-state index is 12.7. The summed E-state index contributed by atoms with van der Waals surface area (Å²) in [5.41, 5.74) is 3.28. The van der Waals surface area contributed by atoms with Crippen LogP contribution in [-0.4, -0.2) is 55.7 Å². The predicted octanol–water partition coefficient (Wildman–Crippen LogP) is 1.15. The van der Waals surface area contributed by atoms with Gasteiger partial charge in [-0.05, 0) is 41.9 Å². The molecule has 0 radical (unpaired) electrons. The lowest BCUT2D eigenvalue weighted by Gasteiger charge is -2.27. The summed E-state index contributed by atoms with van der Waals surface area (Å²) in [7, 11) is 2.77. The van der Waals surface area contributed by atoms with Crippen molar-refractivity contribution < 1.29 is 24.0 Å². The molecule has 2 N–H and O–H groups in total. The van der Waals surface area contributed by atoms with Gasteiger partial charge >= 0.3 is 0 Å². The molecule has 0 saturated carbocycles. The number of hydrogen-bond donors (Lipinski definition) is 2. The first-order valence-electron chi connectivity index (χ1n) is 8.75. The van der Waals surface area contributed by atoms with Crippen LogP contribution in [0.1, 0.15) is 35.2 Å². The van der Waals surface area contributed by atoms with Crippen LogP contribution in [0.25, 0.3) is 0 Å². The van der Waals surface area contributed by atoms with Gasteiger partial charge < -0.3 is 15.0 Å². The minimum Gasteiger partial charge on any atom is -0.357 e. The summed E-state index contributed by atoms with van der Waals surface area (Å²) in [5.74, 6) is 0.920. The minimum absolute atomic E-state index is 0.320. The Labute approximate surface area is 172 Å². The van der Waals surface area contributed by atoms with E-state index in [0.717, 1.165) is 23.3 Å². The summed E-state index contributed by atoms with van der Waals surface area (Å²) in [6.07, 6.45) is 1.94. The van der Waals surface area contributed by atoms with E-state index in [0.29, 0.717) is 18.6 Å². The molecule has 28 heavy (non-hydrogen) atoms. The monoisotopic (exact) mass is 451 g/mol. The molecule has 1 aliphatic rings. The van der Waals surface area contributed by atoms with E-state index in [-0.39, 0.29) is 0 Å². The van der Waals surface area contributed by atoms with Crippen LogP contribution in [0, 0.1) is 10.8 Å².